The summed E-state index contributed by atoms with van der Waals surface area (Å²) in [6.45, 7) is 7.80. The molecule has 1 aromatic heterocycles. The minimum Gasteiger partial charge on any atom is -0.444 e. The average Bonchev–Trinajstić information content (AvgIpc) is 3.39. The van der Waals surface area contributed by atoms with Gasteiger partial charge in [-0.15, -0.1) is 0 Å². The van der Waals surface area contributed by atoms with Crippen molar-refractivity contribution in [2.75, 3.05) is 6.54 Å². The topological polar surface area (TPSA) is 85.2 Å². The summed E-state index contributed by atoms with van der Waals surface area (Å²) >= 11 is 1.37. The molecule has 1 aromatic carbocycles. The molecule has 1 aliphatic rings. The third-order valence-electron chi connectivity index (χ3n) is 4.23. The van der Waals surface area contributed by atoms with Crippen molar-refractivity contribution in [3.63, 3.8) is 0 Å². The number of ether oxygens (including phenoxy) is 1. The summed E-state index contributed by atoms with van der Waals surface area (Å²) in [6.07, 6.45) is 1.43. The largest absolute Gasteiger partial charge is 0.444 e. The number of amides is 2. The van der Waals surface area contributed by atoms with E-state index in [9.17, 15) is 14.0 Å². The number of nitrogens with one attached hydrogen (secondary N) is 2. The van der Waals surface area contributed by atoms with Gasteiger partial charge in [0, 0.05) is 17.5 Å². The van der Waals surface area contributed by atoms with Gasteiger partial charge in [-0.1, -0.05) is 11.8 Å². The summed E-state index contributed by atoms with van der Waals surface area (Å²) in [5.41, 5.74) is 0.558. The fourth-order valence-corrected chi connectivity index (χ4v) is 3.74. The molecule has 0 spiro atoms. The van der Waals surface area contributed by atoms with Crippen LogP contribution in [0.4, 0.5) is 9.18 Å². The Balaban J connectivity index is 1.77. The monoisotopic (exact) mass is 434 g/mol. The van der Waals surface area contributed by atoms with Crippen LogP contribution in [0.1, 0.15) is 49.8 Å². The Morgan fingerprint density at radius 1 is 1.27 bits per heavy atom. The van der Waals surface area contributed by atoms with Gasteiger partial charge in [-0.25, -0.2) is 9.18 Å². The number of nitrogens with zero attached hydrogens (tertiary/aromatic N) is 2. The molecule has 2 aromatic rings. The highest BCUT2D eigenvalue weighted by atomic mass is 32.2. The highest BCUT2D eigenvalue weighted by Gasteiger charge is 2.29. The SMILES string of the molecule is Cc1nn(CCNC(=O)OC(C)(C)C)c(C(=O)NC2CC2)c1Sc1ccc(F)cc1. The molecule has 0 atom stereocenters. The lowest BCUT2D eigenvalue weighted by atomic mass is 10.2. The van der Waals surface area contributed by atoms with Crippen molar-refractivity contribution in [3.8, 4) is 0 Å². The lowest BCUT2D eigenvalue weighted by Gasteiger charge is -2.19. The molecule has 3 rings (SSSR count). The number of carbonyl (C=O) groups is 2. The molecule has 0 unspecified atom stereocenters. The van der Waals surface area contributed by atoms with Crippen LogP contribution in [0.3, 0.4) is 0 Å². The van der Waals surface area contributed by atoms with Crippen molar-refractivity contribution in [2.24, 2.45) is 0 Å². The lowest BCUT2D eigenvalue weighted by molar-refractivity contribution is 0.0525. The van der Waals surface area contributed by atoms with Gasteiger partial charge in [0.2, 0.25) is 0 Å². The Bertz CT molecular complexity index is 918. The number of alkyl carbamates (subject to hydrolysis) is 1. The van der Waals surface area contributed by atoms with E-state index < -0.39 is 11.7 Å². The van der Waals surface area contributed by atoms with Crippen LogP contribution in [0.15, 0.2) is 34.1 Å². The average molecular weight is 435 g/mol. The van der Waals surface area contributed by atoms with Gasteiger partial charge in [-0.05, 0) is 64.8 Å². The molecule has 7 nitrogen and oxygen atoms in total. The van der Waals surface area contributed by atoms with E-state index >= 15 is 0 Å². The van der Waals surface area contributed by atoms with Crippen LogP contribution in [0.5, 0.6) is 0 Å². The second-order valence-corrected chi connectivity index (χ2v) is 9.30. The van der Waals surface area contributed by atoms with E-state index in [0.29, 0.717) is 17.9 Å². The molecule has 2 N–H and O–H groups in total. The van der Waals surface area contributed by atoms with Crippen molar-refractivity contribution in [3.05, 3.63) is 41.5 Å². The molecule has 0 radical (unpaired) electrons. The molecule has 9 heteroatoms. The number of benzene rings is 1. The third kappa shape index (κ3) is 6.22. The number of hydrogen-bond acceptors (Lipinski definition) is 5. The molecule has 1 fully saturated rings. The van der Waals surface area contributed by atoms with Crippen molar-refractivity contribution in [1.82, 2.24) is 20.4 Å². The minimum atomic E-state index is -0.583. The smallest absolute Gasteiger partial charge is 0.407 e. The number of rotatable bonds is 7. The first-order valence-electron chi connectivity index (χ1n) is 9.91. The molecular weight excluding hydrogens is 407 g/mol. The van der Waals surface area contributed by atoms with Crippen molar-refractivity contribution in [1.29, 1.82) is 0 Å². The first-order valence-corrected chi connectivity index (χ1v) is 10.7. The first kappa shape index (κ1) is 22.1. The number of aryl methyl sites for hydroxylation is 1. The van der Waals surface area contributed by atoms with Gasteiger partial charge in [0.05, 0.1) is 17.1 Å². The van der Waals surface area contributed by atoms with E-state index in [-0.39, 0.29) is 24.3 Å². The summed E-state index contributed by atoms with van der Waals surface area (Å²) in [5.74, 6) is -0.508. The second-order valence-electron chi connectivity index (χ2n) is 8.22. The molecule has 1 saturated carbocycles. The molecule has 30 heavy (non-hydrogen) atoms. The molecular formula is C21H27FN4O3S. The molecule has 0 saturated heterocycles. The van der Waals surface area contributed by atoms with E-state index in [1.807, 2.05) is 6.92 Å². The maximum Gasteiger partial charge on any atom is 0.407 e. The summed E-state index contributed by atoms with van der Waals surface area (Å²) in [5, 5.41) is 10.2. The molecule has 1 aliphatic carbocycles. The third-order valence-corrected chi connectivity index (χ3v) is 5.43. The van der Waals surface area contributed by atoms with E-state index in [1.54, 1.807) is 37.6 Å². The predicted molar refractivity (Wildman–Crippen MR) is 112 cm³/mol. The quantitative estimate of drug-likeness (QED) is 0.690. The lowest BCUT2D eigenvalue weighted by Crippen LogP contribution is -2.35. The van der Waals surface area contributed by atoms with Crippen LogP contribution in [-0.2, 0) is 11.3 Å². The van der Waals surface area contributed by atoms with E-state index in [1.165, 1.54) is 23.9 Å². The van der Waals surface area contributed by atoms with Gasteiger partial charge < -0.3 is 15.4 Å². The molecule has 162 valence electrons. The maximum absolute atomic E-state index is 13.2. The van der Waals surface area contributed by atoms with Gasteiger partial charge >= 0.3 is 6.09 Å². The van der Waals surface area contributed by atoms with E-state index in [2.05, 4.69) is 15.7 Å². The number of hydrogen-bond donors (Lipinski definition) is 2. The zero-order chi connectivity index (χ0) is 21.9. The Morgan fingerprint density at radius 3 is 2.53 bits per heavy atom. The van der Waals surface area contributed by atoms with E-state index in [4.69, 9.17) is 4.74 Å². The summed E-state index contributed by atoms with van der Waals surface area (Å²) in [6, 6.07) is 6.31. The van der Waals surface area contributed by atoms with Crippen LogP contribution in [-0.4, -0.2) is 40.0 Å². The van der Waals surface area contributed by atoms with Crippen LogP contribution >= 0.6 is 11.8 Å². The van der Waals surface area contributed by atoms with Crippen LogP contribution in [0.2, 0.25) is 0 Å². The van der Waals surface area contributed by atoms with Gasteiger partial charge in [0.1, 0.15) is 17.1 Å². The van der Waals surface area contributed by atoms with Gasteiger partial charge in [0.15, 0.2) is 0 Å². The van der Waals surface area contributed by atoms with Crippen molar-refractivity contribution in [2.45, 2.75) is 68.5 Å². The van der Waals surface area contributed by atoms with E-state index in [0.717, 1.165) is 22.6 Å². The molecule has 1 heterocycles. The number of halogens is 1. The zero-order valence-electron chi connectivity index (χ0n) is 17.6. The van der Waals surface area contributed by atoms with Crippen LogP contribution < -0.4 is 10.6 Å². The van der Waals surface area contributed by atoms with Gasteiger partial charge in [-0.3, -0.25) is 9.48 Å². The Kier molecular flexibility index (Phi) is 6.70. The van der Waals surface area contributed by atoms with Crippen LogP contribution in [0.25, 0.3) is 0 Å². The van der Waals surface area contributed by atoms with Crippen LogP contribution in [0, 0.1) is 12.7 Å². The second kappa shape index (κ2) is 9.07. The maximum atomic E-state index is 13.2. The minimum absolute atomic E-state index is 0.194. The number of carbonyl (C=O) groups excluding carboxylic acids is 2. The zero-order valence-corrected chi connectivity index (χ0v) is 18.4. The van der Waals surface area contributed by atoms with Gasteiger partial charge in [0.25, 0.3) is 5.91 Å². The normalized spacial score (nSPS) is 13.8. The molecule has 0 aliphatic heterocycles. The number of aromatic nitrogens is 2. The molecule has 2 amide bonds. The highest BCUT2D eigenvalue weighted by Crippen LogP contribution is 2.34. The fourth-order valence-electron chi connectivity index (χ4n) is 2.75. The standard InChI is InChI=1S/C21H27FN4O3S/c1-13-18(30-16-9-5-14(22)6-10-16)17(19(27)24-15-7-8-15)26(25-13)12-11-23-20(28)29-21(2,3)4/h5-6,9-10,15H,7-8,11-12H2,1-4H3,(H,23,28)(H,24,27). The summed E-state index contributed by atoms with van der Waals surface area (Å²) < 4.78 is 20.1. The Labute approximate surface area is 179 Å². The fraction of sp³-hybridized carbons (Fsp3) is 0.476. The summed E-state index contributed by atoms with van der Waals surface area (Å²) in [7, 11) is 0. The Hall–Kier alpha value is -2.55. The first-order chi connectivity index (χ1) is 14.1. The van der Waals surface area contributed by atoms with Gasteiger partial charge in [-0.2, -0.15) is 5.10 Å². The summed E-state index contributed by atoms with van der Waals surface area (Å²) in [4.78, 5) is 26.3. The Morgan fingerprint density at radius 2 is 1.93 bits per heavy atom. The molecule has 0 bridgehead atoms. The predicted octanol–water partition coefficient (Wildman–Crippen LogP) is 3.90. The highest BCUT2D eigenvalue weighted by molar-refractivity contribution is 7.99. The van der Waals surface area contributed by atoms with Crippen molar-refractivity contribution < 1.29 is 18.7 Å². The van der Waals surface area contributed by atoms with Crippen molar-refractivity contribution >= 4 is 23.8 Å².